The molecule has 0 aliphatic rings. The van der Waals surface area contributed by atoms with E-state index in [2.05, 4.69) is 53.5 Å². The van der Waals surface area contributed by atoms with Crippen LogP contribution in [0.5, 0.6) is 0 Å². The minimum absolute atomic E-state index is 0.0572. The molecule has 0 saturated carbocycles. The quantitative estimate of drug-likeness (QED) is 0.569. The van der Waals surface area contributed by atoms with E-state index in [1.165, 1.54) is 18.0 Å². The van der Waals surface area contributed by atoms with Crippen LogP contribution in [0.1, 0.15) is 31.9 Å². The van der Waals surface area contributed by atoms with Crippen LogP contribution in [0, 0.1) is 0 Å². The van der Waals surface area contributed by atoms with E-state index in [0.717, 1.165) is 11.3 Å². The van der Waals surface area contributed by atoms with Crippen molar-refractivity contribution in [3.05, 3.63) is 72.1 Å². The zero-order chi connectivity index (χ0) is 21.1. The van der Waals surface area contributed by atoms with Crippen LogP contribution in [-0.2, 0) is 22.0 Å². The van der Waals surface area contributed by atoms with Gasteiger partial charge < -0.3 is 10.6 Å². The molecular formula is C21H25N5O2S. The van der Waals surface area contributed by atoms with Crippen LogP contribution < -0.4 is 15.8 Å². The first kappa shape index (κ1) is 20.8. The summed E-state index contributed by atoms with van der Waals surface area (Å²) in [7, 11) is -3.73. The van der Waals surface area contributed by atoms with Crippen LogP contribution >= 0.6 is 0 Å². The molecule has 4 N–H and O–H groups in total. The van der Waals surface area contributed by atoms with Gasteiger partial charge in [0.2, 0.25) is 10.0 Å². The Morgan fingerprint density at radius 2 is 1.69 bits per heavy atom. The Hall–Kier alpha value is -2.97. The standard InChI is InChI=1S/C21H25N5O2S/c1-21(2,3)16-7-5-8-17(11-16)26-20-12-19(24-14-25-20)23-13-15-6-4-9-18(10-15)29(22,27)28/h4-12,14H,13H2,1-3H3,(H2,22,27,28)(H2,23,24,25,26). The first-order chi connectivity index (χ1) is 13.6. The van der Waals surface area contributed by atoms with Gasteiger partial charge in [-0.05, 0) is 40.8 Å². The first-order valence-corrected chi connectivity index (χ1v) is 10.7. The van der Waals surface area contributed by atoms with E-state index in [-0.39, 0.29) is 10.3 Å². The molecule has 2 aromatic carbocycles. The van der Waals surface area contributed by atoms with Crippen LogP contribution in [0.15, 0.2) is 65.8 Å². The van der Waals surface area contributed by atoms with Gasteiger partial charge in [0.15, 0.2) is 0 Å². The molecule has 0 atom stereocenters. The zero-order valence-corrected chi connectivity index (χ0v) is 17.5. The van der Waals surface area contributed by atoms with Crippen LogP contribution in [0.25, 0.3) is 0 Å². The lowest BCUT2D eigenvalue weighted by Crippen LogP contribution is -2.12. The molecule has 0 unspecified atom stereocenters. The normalized spacial score (nSPS) is 11.9. The molecule has 0 aliphatic carbocycles. The number of nitrogens with zero attached hydrogens (tertiary/aromatic N) is 2. The van der Waals surface area contributed by atoms with Gasteiger partial charge in [0.1, 0.15) is 18.0 Å². The number of hydrogen-bond donors (Lipinski definition) is 3. The second-order valence-electron chi connectivity index (χ2n) is 7.79. The van der Waals surface area contributed by atoms with Crippen molar-refractivity contribution in [3.63, 3.8) is 0 Å². The predicted octanol–water partition coefficient (Wildman–Crippen LogP) is 3.78. The lowest BCUT2D eigenvalue weighted by atomic mass is 9.87. The summed E-state index contributed by atoms with van der Waals surface area (Å²) in [6, 6.07) is 16.5. The highest BCUT2D eigenvalue weighted by Crippen LogP contribution is 2.26. The Morgan fingerprint density at radius 1 is 0.966 bits per heavy atom. The van der Waals surface area contributed by atoms with Crippen molar-refractivity contribution in [2.45, 2.75) is 37.6 Å². The number of anilines is 3. The van der Waals surface area contributed by atoms with Crippen LogP contribution in [0.3, 0.4) is 0 Å². The maximum atomic E-state index is 11.5. The molecule has 0 fully saturated rings. The first-order valence-electron chi connectivity index (χ1n) is 9.16. The molecule has 3 rings (SSSR count). The van der Waals surface area contributed by atoms with Gasteiger partial charge >= 0.3 is 0 Å². The van der Waals surface area contributed by atoms with Crippen LogP contribution in [-0.4, -0.2) is 18.4 Å². The van der Waals surface area contributed by atoms with E-state index >= 15 is 0 Å². The summed E-state index contributed by atoms with van der Waals surface area (Å²) in [5, 5.41) is 11.7. The fourth-order valence-corrected chi connectivity index (χ4v) is 3.34. The van der Waals surface area contributed by atoms with Gasteiger partial charge in [0, 0.05) is 18.3 Å². The number of benzene rings is 2. The molecule has 0 radical (unpaired) electrons. The van der Waals surface area contributed by atoms with Crippen LogP contribution in [0.4, 0.5) is 17.3 Å². The van der Waals surface area contributed by atoms with Gasteiger partial charge in [-0.3, -0.25) is 0 Å². The van der Waals surface area contributed by atoms with Gasteiger partial charge in [-0.15, -0.1) is 0 Å². The monoisotopic (exact) mass is 411 g/mol. The van der Waals surface area contributed by atoms with Crippen molar-refractivity contribution in [1.29, 1.82) is 0 Å². The van der Waals surface area contributed by atoms with Crippen molar-refractivity contribution in [3.8, 4) is 0 Å². The van der Waals surface area contributed by atoms with Crippen molar-refractivity contribution in [2.24, 2.45) is 5.14 Å². The third kappa shape index (κ3) is 5.75. The van der Waals surface area contributed by atoms with E-state index in [9.17, 15) is 8.42 Å². The minimum atomic E-state index is -3.73. The summed E-state index contributed by atoms with van der Waals surface area (Å²) in [5.74, 6) is 1.28. The van der Waals surface area contributed by atoms with Gasteiger partial charge in [-0.1, -0.05) is 45.0 Å². The Kier molecular flexibility index (Phi) is 5.86. The lowest BCUT2D eigenvalue weighted by Gasteiger charge is -2.20. The SMILES string of the molecule is CC(C)(C)c1cccc(Nc2cc(NCc3cccc(S(N)(=O)=O)c3)ncn2)c1. The highest BCUT2D eigenvalue weighted by Gasteiger charge is 2.14. The summed E-state index contributed by atoms with van der Waals surface area (Å²) in [5.41, 5.74) is 3.01. The highest BCUT2D eigenvalue weighted by molar-refractivity contribution is 7.89. The van der Waals surface area contributed by atoms with E-state index in [1.807, 2.05) is 18.2 Å². The van der Waals surface area contributed by atoms with E-state index < -0.39 is 10.0 Å². The van der Waals surface area contributed by atoms with Crippen molar-refractivity contribution >= 4 is 27.3 Å². The largest absolute Gasteiger partial charge is 0.366 e. The van der Waals surface area contributed by atoms with E-state index in [1.54, 1.807) is 18.2 Å². The third-order valence-corrected chi connectivity index (χ3v) is 5.28. The summed E-state index contributed by atoms with van der Waals surface area (Å²) < 4.78 is 23.0. The number of aromatic nitrogens is 2. The molecule has 0 saturated heterocycles. The minimum Gasteiger partial charge on any atom is -0.366 e. The van der Waals surface area contributed by atoms with E-state index in [4.69, 9.17) is 5.14 Å². The Morgan fingerprint density at radius 3 is 2.41 bits per heavy atom. The summed E-state index contributed by atoms with van der Waals surface area (Å²) in [6.45, 7) is 6.91. The maximum Gasteiger partial charge on any atom is 0.238 e. The summed E-state index contributed by atoms with van der Waals surface area (Å²) in [6.07, 6.45) is 1.47. The summed E-state index contributed by atoms with van der Waals surface area (Å²) >= 11 is 0. The molecule has 0 bridgehead atoms. The molecule has 7 nitrogen and oxygen atoms in total. The predicted molar refractivity (Wildman–Crippen MR) is 116 cm³/mol. The van der Waals surface area contributed by atoms with Gasteiger partial charge in [0.05, 0.1) is 4.90 Å². The lowest BCUT2D eigenvalue weighted by molar-refractivity contribution is 0.590. The van der Waals surface area contributed by atoms with E-state index in [0.29, 0.717) is 18.2 Å². The number of nitrogens with two attached hydrogens (primary N) is 1. The number of nitrogens with one attached hydrogen (secondary N) is 2. The molecule has 0 aliphatic heterocycles. The fourth-order valence-electron chi connectivity index (χ4n) is 2.76. The molecule has 3 aromatic rings. The molecular weight excluding hydrogens is 386 g/mol. The smallest absolute Gasteiger partial charge is 0.238 e. The fraction of sp³-hybridized carbons (Fsp3) is 0.238. The molecule has 0 spiro atoms. The number of sulfonamides is 1. The summed E-state index contributed by atoms with van der Waals surface area (Å²) in [4.78, 5) is 8.57. The molecule has 1 heterocycles. The number of primary sulfonamides is 1. The number of hydrogen-bond acceptors (Lipinski definition) is 6. The Balaban J connectivity index is 1.71. The van der Waals surface area contributed by atoms with Gasteiger partial charge in [-0.25, -0.2) is 23.5 Å². The second kappa shape index (κ2) is 8.18. The average Bonchev–Trinajstić information content (AvgIpc) is 2.66. The van der Waals surface area contributed by atoms with Crippen molar-refractivity contribution in [2.75, 3.05) is 10.6 Å². The van der Waals surface area contributed by atoms with Crippen molar-refractivity contribution in [1.82, 2.24) is 9.97 Å². The molecule has 0 amide bonds. The molecule has 8 heteroatoms. The average molecular weight is 412 g/mol. The highest BCUT2D eigenvalue weighted by atomic mass is 32.2. The Labute approximate surface area is 171 Å². The molecule has 1 aromatic heterocycles. The molecule has 29 heavy (non-hydrogen) atoms. The third-order valence-electron chi connectivity index (χ3n) is 4.37. The van der Waals surface area contributed by atoms with Crippen LogP contribution in [0.2, 0.25) is 0 Å². The Bertz CT molecular complexity index is 1110. The topological polar surface area (TPSA) is 110 Å². The zero-order valence-electron chi connectivity index (χ0n) is 16.7. The molecule has 152 valence electrons. The maximum absolute atomic E-state index is 11.5. The number of rotatable bonds is 6. The van der Waals surface area contributed by atoms with Gasteiger partial charge in [0.25, 0.3) is 0 Å². The van der Waals surface area contributed by atoms with Crippen molar-refractivity contribution < 1.29 is 8.42 Å². The second-order valence-corrected chi connectivity index (χ2v) is 9.35. The van der Waals surface area contributed by atoms with Gasteiger partial charge in [-0.2, -0.15) is 0 Å².